The number of benzene rings is 1. The number of alkyl halides is 3. The van der Waals surface area contributed by atoms with E-state index in [1.54, 1.807) is 6.08 Å². The predicted octanol–water partition coefficient (Wildman–Crippen LogP) is 2.18. The number of hydrogen-bond acceptors (Lipinski definition) is 2. The molecule has 1 aromatic carbocycles. The van der Waals surface area contributed by atoms with Crippen molar-refractivity contribution in [2.45, 2.75) is 31.5 Å². The molecule has 1 atom stereocenters. The first-order chi connectivity index (χ1) is 10.2. The Morgan fingerprint density at radius 3 is 2.32 bits per heavy atom. The normalized spacial score (nSPS) is 12.5. The lowest BCUT2D eigenvalue weighted by Crippen LogP contribution is -2.44. The summed E-state index contributed by atoms with van der Waals surface area (Å²) in [5.41, 5.74) is 4.81. The number of nitrogens with two attached hydrogens (primary N) is 1. The number of hydrogen-bond donors (Lipinski definition) is 2. The van der Waals surface area contributed by atoms with Gasteiger partial charge in [0.15, 0.2) is 0 Å². The summed E-state index contributed by atoms with van der Waals surface area (Å²) in [4.78, 5) is 23.0. The van der Waals surface area contributed by atoms with Gasteiger partial charge in [-0.25, -0.2) is 0 Å². The minimum Gasteiger partial charge on any atom is -0.368 e. The van der Waals surface area contributed by atoms with Crippen LogP contribution < -0.4 is 11.1 Å². The maximum atomic E-state index is 12.4. The highest BCUT2D eigenvalue weighted by molar-refractivity contribution is 5.87. The second kappa shape index (κ2) is 7.63. The molecular formula is C15H17F3N2O2. The Balaban J connectivity index is 2.64. The minimum atomic E-state index is -4.41. The molecule has 0 saturated carbocycles. The first-order valence-corrected chi connectivity index (χ1v) is 6.59. The topological polar surface area (TPSA) is 72.2 Å². The molecule has 0 spiro atoms. The predicted molar refractivity (Wildman–Crippen MR) is 75.7 cm³/mol. The van der Waals surface area contributed by atoms with Crippen LogP contribution in [0.25, 0.3) is 0 Å². The Bertz CT molecular complexity index is 539. The van der Waals surface area contributed by atoms with Crippen molar-refractivity contribution in [3.8, 4) is 0 Å². The number of nitrogens with one attached hydrogen (secondary N) is 1. The summed E-state index contributed by atoms with van der Waals surface area (Å²) in [7, 11) is 0. The van der Waals surface area contributed by atoms with Gasteiger partial charge in [0.25, 0.3) is 0 Å². The van der Waals surface area contributed by atoms with Crippen LogP contribution in [0.3, 0.4) is 0 Å². The smallest absolute Gasteiger partial charge is 0.368 e. The number of halogens is 3. The number of amides is 2. The highest BCUT2D eigenvalue weighted by Crippen LogP contribution is 2.29. The van der Waals surface area contributed by atoms with Gasteiger partial charge in [-0.2, -0.15) is 13.2 Å². The van der Waals surface area contributed by atoms with Crippen LogP contribution in [0.5, 0.6) is 0 Å². The van der Waals surface area contributed by atoms with Gasteiger partial charge in [-0.15, -0.1) is 6.58 Å². The molecule has 0 unspecified atom stereocenters. The first-order valence-electron chi connectivity index (χ1n) is 6.59. The van der Waals surface area contributed by atoms with Gasteiger partial charge in [-0.1, -0.05) is 18.2 Å². The van der Waals surface area contributed by atoms with Crippen LogP contribution in [-0.2, 0) is 22.2 Å². The summed E-state index contributed by atoms with van der Waals surface area (Å²) >= 11 is 0. The van der Waals surface area contributed by atoms with E-state index in [0.717, 1.165) is 12.1 Å². The van der Waals surface area contributed by atoms with Gasteiger partial charge in [0.2, 0.25) is 11.8 Å². The average Bonchev–Trinajstić information content (AvgIpc) is 2.42. The number of primary amides is 1. The van der Waals surface area contributed by atoms with E-state index in [1.165, 1.54) is 12.1 Å². The summed E-state index contributed by atoms with van der Waals surface area (Å²) in [6.45, 7) is 3.51. The molecule has 7 heteroatoms. The summed E-state index contributed by atoms with van der Waals surface area (Å²) in [6, 6.07) is 3.45. The Hall–Kier alpha value is -2.31. The third kappa shape index (κ3) is 5.59. The molecule has 3 N–H and O–H groups in total. The molecule has 1 aromatic rings. The van der Waals surface area contributed by atoms with Gasteiger partial charge in [0.1, 0.15) is 6.04 Å². The van der Waals surface area contributed by atoms with Gasteiger partial charge < -0.3 is 11.1 Å². The lowest BCUT2D eigenvalue weighted by atomic mass is 10.1. The lowest BCUT2D eigenvalue weighted by Gasteiger charge is -2.14. The lowest BCUT2D eigenvalue weighted by molar-refractivity contribution is -0.137. The van der Waals surface area contributed by atoms with Gasteiger partial charge in [0.05, 0.1) is 12.0 Å². The van der Waals surface area contributed by atoms with Crippen LogP contribution in [0.15, 0.2) is 36.9 Å². The Kier molecular flexibility index (Phi) is 6.15. The van der Waals surface area contributed by atoms with E-state index >= 15 is 0 Å². The highest BCUT2D eigenvalue weighted by atomic mass is 19.4. The van der Waals surface area contributed by atoms with E-state index in [0.29, 0.717) is 18.4 Å². The summed E-state index contributed by atoms with van der Waals surface area (Å²) in [5, 5.41) is 2.46. The van der Waals surface area contributed by atoms with E-state index in [9.17, 15) is 22.8 Å². The maximum absolute atomic E-state index is 12.4. The number of rotatable bonds is 7. The molecule has 0 heterocycles. The average molecular weight is 314 g/mol. The zero-order valence-corrected chi connectivity index (χ0v) is 11.8. The highest BCUT2D eigenvalue weighted by Gasteiger charge is 2.30. The summed E-state index contributed by atoms with van der Waals surface area (Å²) < 4.78 is 37.3. The van der Waals surface area contributed by atoms with Crippen LogP contribution >= 0.6 is 0 Å². The van der Waals surface area contributed by atoms with Crippen LogP contribution in [0.1, 0.15) is 24.0 Å². The summed E-state index contributed by atoms with van der Waals surface area (Å²) in [5.74, 6) is -1.14. The third-order valence-corrected chi connectivity index (χ3v) is 2.98. The molecule has 22 heavy (non-hydrogen) atoms. The fourth-order valence-electron chi connectivity index (χ4n) is 1.81. The van der Waals surface area contributed by atoms with Crippen LogP contribution in [0.2, 0.25) is 0 Å². The molecule has 0 saturated heterocycles. The van der Waals surface area contributed by atoms with Gasteiger partial charge in [-0.05, 0) is 30.5 Å². The minimum absolute atomic E-state index is 0.129. The van der Waals surface area contributed by atoms with Crippen molar-refractivity contribution >= 4 is 11.8 Å². The molecule has 0 aromatic heterocycles. The molecular weight excluding hydrogens is 297 g/mol. The Morgan fingerprint density at radius 1 is 1.27 bits per heavy atom. The van der Waals surface area contributed by atoms with Crippen molar-refractivity contribution in [3.63, 3.8) is 0 Å². The van der Waals surface area contributed by atoms with Gasteiger partial charge >= 0.3 is 6.18 Å². The van der Waals surface area contributed by atoms with Crippen molar-refractivity contribution in [2.24, 2.45) is 5.73 Å². The van der Waals surface area contributed by atoms with Gasteiger partial charge in [-0.3, -0.25) is 9.59 Å². The standard InChI is InChI=1S/C15H17F3N2O2/c1-2-3-4-12(14(19)22)20-13(21)9-10-5-7-11(8-6-10)15(16,17)18/h2,5-8,12H,1,3-4,9H2,(H2,19,22)(H,20,21)/t12-/m0/s1. The monoisotopic (exact) mass is 314 g/mol. The molecule has 2 amide bonds. The first kappa shape index (κ1) is 17.7. The van der Waals surface area contributed by atoms with E-state index < -0.39 is 29.6 Å². The van der Waals surface area contributed by atoms with Crippen molar-refractivity contribution in [2.75, 3.05) is 0 Å². The maximum Gasteiger partial charge on any atom is 0.416 e. The SMILES string of the molecule is C=CCC[C@H](NC(=O)Cc1ccc(C(F)(F)F)cc1)C(N)=O. The van der Waals surface area contributed by atoms with Crippen molar-refractivity contribution in [3.05, 3.63) is 48.0 Å². The number of carbonyl (C=O) groups excluding carboxylic acids is 2. The third-order valence-electron chi connectivity index (χ3n) is 2.98. The molecule has 0 radical (unpaired) electrons. The van der Waals surface area contributed by atoms with Crippen molar-refractivity contribution in [1.82, 2.24) is 5.32 Å². The van der Waals surface area contributed by atoms with E-state index in [2.05, 4.69) is 11.9 Å². The molecule has 120 valence electrons. The second-order valence-electron chi connectivity index (χ2n) is 4.76. The second-order valence-corrected chi connectivity index (χ2v) is 4.76. The van der Waals surface area contributed by atoms with E-state index in [4.69, 9.17) is 5.73 Å². The number of carbonyl (C=O) groups is 2. The van der Waals surface area contributed by atoms with E-state index in [-0.39, 0.29) is 6.42 Å². The zero-order valence-electron chi connectivity index (χ0n) is 11.8. The zero-order chi connectivity index (χ0) is 16.8. The molecule has 0 aliphatic rings. The quantitative estimate of drug-likeness (QED) is 0.757. The van der Waals surface area contributed by atoms with E-state index in [1.807, 2.05) is 0 Å². The Labute approximate surface area is 126 Å². The van der Waals surface area contributed by atoms with Crippen molar-refractivity contribution < 1.29 is 22.8 Å². The fraction of sp³-hybridized carbons (Fsp3) is 0.333. The molecule has 0 aliphatic carbocycles. The molecule has 0 fully saturated rings. The van der Waals surface area contributed by atoms with Crippen LogP contribution in [0, 0.1) is 0 Å². The molecule has 0 bridgehead atoms. The van der Waals surface area contributed by atoms with Crippen LogP contribution in [-0.4, -0.2) is 17.9 Å². The number of allylic oxidation sites excluding steroid dienone is 1. The van der Waals surface area contributed by atoms with Crippen molar-refractivity contribution in [1.29, 1.82) is 0 Å². The van der Waals surface area contributed by atoms with Crippen LogP contribution in [0.4, 0.5) is 13.2 Å². The molecule has 1 rings (SSSR count). The largest absolute Gasteiger partial charge is 0.416 e. The van der Waals surface area contributed by atoms with Gasteiger partial charge in [0, 0.05) is 0 Å². The molecule has 0 aliphatic heterocycles. The summed E-state index contributed by atoms with van der Waals surface area (Å²) in [6.07, 6.45) is -2.11. The molecule has 4 nitrogen and oxygen atoms in total. The Morgan fingerprint density at radius 2 is 1.86 bits per heavy atom. The fourth-order valence-corrected chi connectivity index (χ4v) is 1.81.